The van der Waals surface area contributed by atoms with Crippen LogP contribution in [0.3, 0.4) is 0 Å². The Bertz CT molecular complexity index is 967. The van der Waals surface area contributed by atoms with Crippen molar-refractivity contribution in [1.29, 1.82) is 10.5 Å². The highest BCUT2D eigenvalue weighted by molar-refractivity contribution is 5.95. The smallest absolute Gasteiger partial charge is 0.347 e. The molecule has 0 fully saturated rings. The zero-order valence-electron chi connectivity index (χ0n) is 17.2. The van der Waals surface area contributed by atoms with Gasteiger partial charge in [-0.05, 0) is 68.3 Å². The Morgan fingerprint density at radius 3 is 2.27 bits per heavy atom. The molecule has 0 N–H and O–H groups in total. The molecule has 1 atom stereocenters. The van der Waals surface area contributed by atoms with E-state index in [0.717, 1.165) is 11.1 Å². The Labute approximate surface area is 176 Å². The first-order chi connectivity index (χ1) is 14.3. The minimum atomic E-state index is -0.931. The van der Waals surface area contributed by atoms with E-state index in [2.05, 4.69) is 0 Å². The fourth-order valence-electron chi connectivity index (χ4n) is 2.85. The average molecular weight is 405 g/mol. The van der Waals surface area contributed by atoms with E-state index in [9.17, 15) is 9.59 Å². The summed E-state index contributed by atoms with van der Waals surface area (Å²) in [6, 6.07) is 16.0. The second-order valence-electron chi connectivity index (χ2n) is 6.80. The van der Waals surface area contributed by atoms with Gasteiger partial charge in [0.2, 0.25) is 0 Å². The highest BCUT2D eigenvalue weighted by Gasteiger charge is 2.21. The molecule has 2 rings (SSSR count). The average Bonchev–Trinajstić information content (AvgIpc) is 2.72. The molecule has 0 heterocycles. The standard InChI is InChI=1S/C23H23N3O4/c1-16-11-17(2)13-20(12-16)26(10-4-9-24)22(27)15-29-23(28)18(3)30-21-7-5-19(14-25)6-8-21/h5-8,11-13,18H,4,10,15H2,1-3H3/t18-/m0/s1. The zero-order chi connectivity index (χ0) is 22.1. The van der Waals surface area contributed by atoms with E-state index >= 15 is 0 Å². The molecule has 0 saturated heterocycles. The quantitative estimate of drug-likeness (QED) is 0.623. The van der Waals surface area contributed by atoms with Gasteiger partial charge in [-0.25, -0.2) is 4.79 Å². The fraction of sp³-hybridized carbons (Fsp3) is 0.304. The van der Waals surface area contributed by atoms with Gasteiger partial charge in [0.05, 0.1) is 24.1 Å². The number of rotatable bonds is 8. The highest BCUT2D eigenvalue weighted by atomic mass is 16.6. The van der Waals surface area contributed by atoms with E-state index in [4.69, 9.17) is 20.0 Å². The number of carbonyl (C=O) groups is 2. The molecule has 154 valence electrons. The summed E-state index contributed by atoms with van der Waals surface area (Å²) in [4.78, 5) is 26.4. The molecule has 0 unspecified atom stereocenters. The molecule has 2 aromatic rings. The molecule has 7 nitrogen and oxygen atoms in total. The van der Waals surface area contributed by atoms with Gasteiger partial charge in [-0.15, -0.1) is 0 Å². The van der Waals surface area contributed by atoms with Crippen molar-refractivity contribution in [2.45, 2.75) is 33.3 Å². The molecule has 7 heteroatoms. The summed E-state index contributed by atoms with van der Waals surface area (Å²) in [7, 11) is 0. The number of amides is 1. The number of nitriles is 2. The Balaban J connectivity index is 1.99. The van der Waals surface area contributed by atoms with Crippen molar-refractivity contribution in [2.24, 2.45) is 0 Å². The monoisotopic (exact) mass is 405 g/mol. The molecule has 2 aromatic carbocycles. The van der Waals surface area contributed by atoms with Gasteiger partial charge < -0.3 is 14.4 Å². The molecule has 0 spiro atoms. The third-order valence-electron chi connectivity index (χ3n) is 4.23. The second kappa shape index (κ2) is 10.6. The van der Waals surface area contributed by atoms with Crippen LogP contribution in [0.25, 0.3) is 0 Å². The van der Waals surface area contributed by atoms with Crippen LogP contribution < -0.4 is 9.64 Å². The van der Waals surface area contributed by atoms with E-state index in [0.29, 0.717) is 17.0 Å². The van der Waals surface area contributed by atoms with Crippen molar-refractivity contribution < 1.29 is 19.1 Å². The first-order valence-electron chi connectivity index (χ1n) is 9.43. The first-order valence-corrected chi connectivity index (χ1v) is 9.43. The van der Waals surface area contributed by atoms with Crippen LogP contribution in [0.15, 0.2) is 42.5 Å². The maximum Gasteiger partial charge on any atom is 0.347 e. The Hall–Kier alpha value is -3.84. The van der Waals surface area contributed by atoms with Crippen LogP contribution in [0.5, 0.6) is 5.75 Å². The lowest BCUT2D eigenvalue weighted by molar-refractivity contribution is -0.154. The lowest BCUT2D eigenvalue weighted by Gasteiger charge is -2.23. The van der Waals surface area contributed by atoms with Gasteiger partial charge in [-0.3, -0.25) is 4.79 Å². The Morgan fingerprint density at radius 1 is 1.07 bits per heavy atom. The van der Waals surface area contributed by atoms with Crippen molar-refractivity contribution in [3.05, 3.63) is 59.2 Å². The van der Waals surface area contributed by atoms with Crippen molar-refractivity contribution in [3.8, 4) is 17.9 Å². The largest absolute Gasteiger partial charge is 0.479 e. The van der Waals surface area contributed by atoms with E-state index < -0.39 is 24.6 Å². The van der Waals surface area contributed by atoms with Crippen LogP contribution in [-0.4, -0.2) is 31.1 Å². The second-order valence-corrected chi connectivity index (χ2v) is 6.80. The van der Waals surface area contributed by atoms with E-state index in [1.165, 1.54) is 11.8 Å². The van der Waals surface area contributed by atoms with Crippen LogP contribution in [-0.2, 0) is 14.3 Å². The summed E-state index contributed by atoms with van der Waals surface area (Å²) in [5.74, 6) is -0.696. The van der Waals surface area contributed by atoms with Gasteiger partial charge in [-0.2, -0.15) is 10.5 Å². The topological polar surface area (TPSA) is 103 Å². The van der Waals surface area contributed by atoms with Crippen LogP contribution in [0.2, 0.25) is 0 Å². The van der Waals surface area contributed by atoms with Crippen molar-refractivity contribution >= 4 is 17.6 Å². The predicted molar refractivity (Wildman–Crippen MR) is 111 cm³/mol. The molecule has 0 saturated carbocycles. The number of carbonyl (C=O) groups excluding carboxylic acids is 2. The van der Waals surface area contributed by atoms with Gasteiger partial charge in [-0.1, -0.05) is 6.07 Å². The summed E-state index contributed by atoms with van der Waals surface area (Å²) in [6.07, 6.45) is -0.773. The van der Waals surface area contributed by atoms with Crippen molar-refractivity contribution in [3.63, 3.8) is 0 Å². The lowest BCUT2D eigenvalue weighted by Crippen LogP contribution is -2.37. The number of hydrogen-bond acceptors (Lipinski definition) is 6. The van der Waals surface area contributed by atoms with Crippen LogP contribution in [0.1, 0.15) is 30.0 Å². The number of esters is 1. The Morgan fingerprint density at radius 2 is 1.70 bits per heavy atom. The maximum absolute atomic E-state index is 12.7. The number of nitrogens with zero attached hydrogens (tertiary/aromatic N) is 3. The highest BCUT2D eigenvalue weighted by Crippen LogP contribution is 2.20. The minimum Gasteiger partial charge on any atom is -0.479 e. The third kappa shape index (κ3) is 6.35. The van der Waals surface area contributed by atoms with Gasteiger partial charge >= 0.3 is 5.97 Å². The normalized spacial score (nSPS) is 11.0. The van der Waals surface area contributed by atoms with Crippen LogP contribution in [0, 0.1) is 36.5 Å². The molecule has 1 amide bonds. The molecule has 0 aliphatic carbocycles. The number of hydrogen-bond donors (Lipinski definition) is 0. The van der Waals surface area contributed by atoms with Gasteiger partial charge in [0.25, 0.3) is 5.91 Å². The molecule has 0 aromatic heterocycles. The van der Waals surface area contributed by atoms with E-state index in [1.807, 2.05) is 44.2 Å². The fourth-order valence-corrected chi connectivity index (χ4v) is 2.85. The SMILES string of the molecule is Cc1cc(C)cc(N(CCC#N)C(=O)COC(=O)[C@H](C)Oc2ccc(C#N)cc2)c1. The van der Waals surface area contributed by atoms with Crippen molar-refractivity contribution in [2.75, 3.05) is 18.1 Å². The summed E-state index contributed by atoms with van der Waals surface area (Å²) in [5.41, 5.74) is 3.11. The molecule has 0 aliphatic rings. The number of anilines is 1. The maximum atomic E-state index is 12.7. The molecular formula is C23H23N3O4. The summed E-state index contributed by atoms with van der Waals surface area (Å²) in [5, 5.41) is 17.7. The van der Waals surface area contributed by atoms with E-state index in [1.54, 1.807) is 24.3 Å². The zero-order valence-corrected chi connectivity index (χ0v) is 17.2. The number of ether oxygens (including phenoxy) is 2. The molecule has 0 radical (unpaired) electrons. The molecule has 0 aliphatic heterocycles. The van der Waals surface area contributed by atoms with Gasteiger partial charge in [0.1, 0.15) is 5.75 Å². The lowest BCUT2D eigenvalue weighted by atomic mass is 10.1. The minimum absolute atomic E-state index is 0.158. The molecule has 0 bridgehead atoms. The van der Waals surface area contributed by atoms with Gasteiger partial charge in [0.15, 0.2) is 12.7 Å². The molecule has 30 heavy (non-hydrogen) atoms. The number of benzene rings is 2. The number of aryl methyl sites for hydroxylation is 2. The Kier molecular flexibility index (Phi) is 7.96. The molecular weight excluding hydrogens is 382 g/mol. The first kappa shape index (κ1) is 22.4. The van der Waals surface area contributed by atoms with Crippen LogP contribution in [0.4, 0.5) is 5.69 Å². The van der Waals surface area contributed by atoms with E-state index in [-0.39, 0.29) is 13.0 Å². The van der Waals surface area contributed by atoms with Crippen molar-refractivity contribution in [1.82, 2.24) is 0 Å². The summed E-state index contributed by atoms with van der Waals surface area (Å²) < 4.78 is 10.6. The summed E-state index contributed by atoms with van der Waals surface area (Å²) >= 11 is 0. The van der Waals surface area contributed by atoms with Crippen LogP contribution >= 0.6 is 0 Å². The summed E-state index contributed by atoms with van der Waals surface area (Å²) in [6.45, 7) is 5.10. The predicted octanol–water partition coefficient (Wildman–Crippen LogP) is 3.43. The van der Waals surface area contributed by atoms with Gasteiger partial charge in [0, 0.05) is 12.2 Å². The third-order valence-corrected chi connectivity index (χ3v) is 4.23.